The monoisotopic (exact) mass is 355 g/mol. The molecule has 1 saturated carbocycles. The predicted molar refractivity (Wildman–Crippen MR) is 100 cm³/mol. The molecule has 0 saturated heterocycles. The van der Waals surface area contributed by atoms with Gasteiger partial charge in [-0.1, -0.05) is 18.9 Å². The molecule has 0 radical (unpaired) electrons. The number of hydrogen-bond acceptors (Lipinski definition) is 5. The Morgan fingerprint density at radius 3 is 2.96 bits per heavy atom. The first-order valence-electron chi connectivity index (χ1n) is 9.08. The van der Waals surface area contributed by atoms with Gasteiger partial charge in [-0.25, -0.2) is 19.6 Å². The third-order valence-corrected chi connectivity index (χ3v) is 5.16. The van der Waals surface area contributed by atoms with Gasteiger partial charge in [-0.2, -0.15) is 10.4 Å². The summed E-state index contributed by atoms with van der Waals surface area (Å²) in [5.41, 5.74) is 3.10. The average molecular weight is 355 g/mol. The summed E-state index contributed by atoms with van der Waals surface area (Å²) in [4.78, 5) is 16.5. The molecule has 132 valence electrons. The van der Waals surface area contributed by atoms with E-state index >= 15 is 0 Å². The number of benzene rings is 1. The van der Waals surface area contributed by atoms with Crippen molar-refractivity contribution in [1.29, 1.82) is 5.26 Å². The van der Waals surface area contributed by atoms with E-state index in [1.807, 2.05) is 29.1 Å². The molecule has 5 rings (SSSR count). The second-order valence-electron chi connectivity index (χ2n) is 6.84. The standard InChI is InChI=1S/C20H17N7/c21-9-13-4-3-7-15(8-13)27-20(25-18(26-27)14-5-1-2-6-14)17-11-23-19-16(17)10-22-12-24-19/h3-4,7-8,10-12,14H,1-2,5-6H2,(H,22,23,24). The molecule has 7 nitrogen and oxygen atoms in total. The van der Waals surface area contributed by atoms with Crippen molar-refractivity contribution in [3.63, 3.8) is 0 Å². The molecule has 4 aromatic rings. The van der Waals surface area contributed by atoms with Crippen LogP contribution in [-0.2, 0) is 0 Å². The van der Waals surface area contributed by atoms with E-state index in [-0.39, 0.29) is 0 Å². The van der Waals surface area contributed by atoms with Crippen molar-refractivity contribution in [1.82, 2.24) is 29.7 Å². The van der Waals surface area contributed by atoms with Crippen molar-refractivity contribution in [2.45, 2.75) is 31.6 Å². The molecule has 1 aromatic carbocycles. The fraction of sp³-hybridized carbons (Fsp3) is 0.250. The Morgan fingerprint density at radius 2 is 2.11 bits per heavy atom. The van der Waals surface area contributed by atoms with Crippen LogP contribution in [0.25, 0.3) is 28.1 Å². The first kappa shape index (κ1) is 15.7. The molecule has 3 aromatic heterocycles. The van der Waals surface area contributed by atoms with Gasteiger partial charge in [0.05, 0.1) is 17.3 Å². The smallest absolute Gasteiger partial charge is 0.165 e. The summed E-state index contributed by atoms with van der Waals surface area (Å²) >= 11 is 0. The van der Waals surface area contributed by atoms with Gasteiger partial charge in [0.25, 0.3) is 0 Å². The summed E-state index contributed by atoms with van der Waals surface area (Å²) in [6.07, 6.45) is 9.89. The van der Waals surface area contributed by atoms with Gasteiger partial charge >= 0.3 is 0 Å². The lowest BCUT2D eigenvalue weighted by Crippen LogP contribution is -2.01. The SMILES string of the molecule is N#Cc1cccc(-n2nc(C3CCCC3)nc2-c2c[nH]c3ncncc23)c1. The van der Waals surface area contributed by atoms with Gasteiger partial charge in [0.15, 0.2) is 11.6 Å². The number of aromatic amines is 1. The molecule has 27 heavy (non-hydrogen) atoms. The molecule has 7 heteroatoms. The highest BCUT2D eigenvalue weighted by Crippen LogP contribution is 2.35. The second kappa shape index (κ2) is 6.32. The summed E-state index contributed by atoms with van der Waals surface area (Å²) in [5.74, 6) is 2.01. The minimum Gasteiger partial charge on any atom is -0.345 e. The maximum Gasteiger partial charge on any atom is 0.165 e. The molecule has 0 aliphatic heterocycles. The topological polar surface area (TPSA) is 96.1 Å². The van der Waals surface area contributed by atoms with E-state index in [1.165, 1.54) is 19.2 Å². The van der Waals surface area contributed by atoms with E-state index in [9.17, 15) is 5.26 Å². The van der Waals surface area contributed by atoms with Gasteiger partial charge in [0.2, 0.25) is 0 Å². The van der Waals surface area contributed by atoms with E-state index in [4.69, 9.17) is 10.1 Å². The summed E-state index contributed by atoms with van der Waals surface area (Å²) < 4.78 is 1.84. The molecule has 1 aliphatic rings. The third-order valence-electron chi connectivity index (χ3n) is 5.16. The predicted octanol–water partition coefficient (Wildman–Crippen LogP) is 3.73. The largest absolute Gasteiger partial charge is 0.345 e. The van der Waals surface area contributed by atoms with Crippen molar-refractivity contribution >= 4 is 11.0 Å². The Bertz CT molecular complexity index is 1160. The Labute approximate surface area is 155 Å². The molecule has 1 aliphatic carbocycles. The zero-order valence-electron chi connectivity index (χ0n) is 14.6. The van der Waals surface area contributed by atoms with Crippen LogP contribution >= 0.6 is 0 Å². The number of aromatic nitrogens is 6. The third kappa shape index (κ3) is 2.66. The van der Waals surface area contributed by atoms with Crippen molar-refractivity contribution < 1.29 is 0 Å². The summed E-state index contributed by atoms with van der Waals surface area (Å²) in [5, 5.41) is 15.0. The van der Waals surface area contributed by atoms with Gasteiger partial charge < -0.3 is 4.98 Å². The van der Waals surface area contributed by atoms with E-state index in [0.717, 1.165) is 46.8 Å². The zero-order chi connectivity index (χ0) is 18.2. The molecule has 3 heterocycles. The van der Waals surface area contributed by atoms with Crippen LogP contribution in [0.4, 0.5) is 0 Å². The molecule has 0 spiro atoms. The number of nitriles is 1. The highest BCUT2D eigenvalue weighted by molar-refractivity contribution is 5.91. The first-order valence-corrected chi connectivity index (χ1v) is 9.08. The van der Waals surface area contributed by atoms with E-state index in [1.54, 1.807) is 12.3 Å². The lowest BCUT2D eigenvalue weighted by molar-refractivity contribution is 0.662. The summed E-state index contributed by atoms with van der Waals surface area (Å²) in [6.45, 7) is 0. The number of nitrogens with zero attached hydrogens (tertiary/aromatic N) is 6. The van der Waals surface area contributed by atoms with Gasteiger partial charge in [0.1, 0.15) is 12.0 Å². The minimum absolute atomic E-state index is 0.394. The summed E-state index contributed by atoms with van der Waals surface area (Å²) in [6, 6.07) is 9.63. The highest BCUT2D eigenvalue weighted by atomic mass is 15.4. The normalized spacial score (nSPS) is 14.6. The highest BCUT2D eigenvalue weighted by Gasteiger charge is 2.25. The zero-order valence-corrected chi connectivity index (χ0v) is 14.6. The first-order chi connectivity index (χ1) is 13.3. The van der Waals surface area contributed by atoms with Crippen LogP contribution < -0.4 is 0 Å². The molecule has 1 fully saturated rings. The molecule has 0 atom stereocenters. The molecule has 1 N–H and O–H groups in total. The van der Waals surface area contributed by atoms with Crippen LogP contribution in [-0.4, -0.2) is 29.7 Å². The van der Waals surface area contributed by atoms with Gasteiger partial charge in [-0.3, -0.25) is 0 Å². The van der Waals surface area contributed by atoms with Crippen LogP contribution in [0.2, 0.25) is 0 Å². The van der Waals surface area contributed by atoms with E-state index in [2.05, 4.69) is 21.0 Å². The van der Waals surface area contributed by atoms with Gasteiger partial charge in [0, 0.05) is 29.3 Å². The number of hydrogen-bond donors (Lipinski definition) is 1. The van der Waals surface area contributed by atoms with Crippen LogP contribution in [0.1, 0.15) is 43.0 Å². The quantitative estimate of drug-likeness (QED) is 0.604. The van der Waals surface area contributed by atoms with Crippen LogP contribution in [0.5, 0.6) is 0 Å². The fourth-order valence-electron chi connectivity index (χ4n) is 3.79. The number of rotatable bonds is 3. The number of H-pyrrole nitrogens is 1. The Morgan fingerprint density at radius 1 is 1.22 bits per heavy atom. The molecule has 0 unspecified atom stereocenters. The van der Waals surface area contributed by atoms with E-state index < -0.39 is 0 Å². The lowest BCUT2D eigenvalue weighted by atomic mass is 10.1. The lowest BCUT2D eigenvalue weighted by Gasteiger charge is -2.05. The van der Waals surface area contributed by atoms with Crippen molar-refractivity contribution in [3.8, 4) is 23.1 Å². The summed E-state index contributed by atoms with van der Waals surface area (Å²) in [7, 11) is 0. The average Bonchev–Trinajstić information content (AvgIpc) is 3.45. The number of nitrogens with one attached hydrogen (secondary N) is 1. The van der Waals surface area contributed by atoms with Crippen molar-refractivity contribution in [2.24, 2.45) is 0 Å². The number of fused-ring (bicyclic) bond motifs is 1. The van der Waals surface area contributed by atoms with Crippen molar-refractivity contribution in [2.75, 3.05) is 0 Å². The maximum absolute atomic E-state index is 9.26. The molecular weight excluding hydrogens is 338 g/mol. The Hall–Kier alpha value is -3.53. The Balaban J connectivity index is 1.72. The van der Waals surface area contributed by atoms with Crippen LogP contribution in [0, 0.1) is 11.3 Å². The molecular formula is C20H17N7. The fourth-order valence-corrected chi connectivity index (χ4v) is 3.79. The minimum atomic E-state index is 0.394. The second-order valence-corrected chi connectivity index (χ2v) is 6.84. The van der Waals surface area contributed by atoms with E-state index in [0.29, 0.717) is 11.5 Å². The van der Waals surface area contributed by atoms with Crippen LogP contribution in [0.3, 0.4) is 0 Å². The van der Waals surface area contributed by atoms with Gasteiger partial charge in [-0.15, -0.1) is 0 Å². The van der Waals surface area contributed by atoms with Crippen LogP contribution in [0.15, 0.2) is 43.0 Å². The van der Waals surface area contributed by atoms with Gasteiger partial charge in [-0.05, 0) is 31.0 Å². The Kier molecular flexibility index (Phi) is 3.68. The van der Waals surface area contributed by atoms with Crippen molar-refractivity contribution in [3.05, 3.63) is 54.4 Å². The maximum atomic E-state index is 9.26. The molecule has 0 amide bonds. The molecule has 0 bridgehead atoms.